The minimum absolute atomic E-state index is 0.384. The van der Waals surface area contributed by atoms with Crippen LogP contribution in [0.3, 0.4) is 0 Å². The van der Waals surface area contributed by atoms with Gasteiger partial charge in [-0.1, -0.05) is 35.3 Å². The smallest absolute Gasteiger partial charge is 0.255 e. The molecule has 0 saturated heterocycles. The van der Waals surface area contributed by atoms with Gasteiger partial charge in [-0.25, -0.2) is 0 Å². The highest BCUT2D eigenvalue weighted by molar-refractivity contribution is 6.33. The molecule has 0 bridgehead atoms. The fraction of sp³-hybridized carbons (Fsp3) is 0.0833. The summed E-state index contributed by atoms with van der Waals surface area (Å²) in [5, 5.41) is 8.34. The van der Waals surface area contributed by atoms with Gasteiger partial charge in [-0.05, 0) is 19.1 Å². The predicted molar refractivity (Wildman–Crippen MR) is 75.3 cm³/mol. The lowest BCUT2D eigenvalue weighted by molar-refractivity contribution is 0.936. The third-order valence-corrected chi connectivity index (χ3v) is 3.43. The minimum atomic E-state index is 0.384. The fourth-order valence-corrected chi connectivity index (χ4v) is 2.08. The van der Waals surface area contributed by atoms with E-state index in [-0.39, 0.29) is 0 Å². The van der Waals surface area contributed by atoms with Crippen molar-refractivity contribution in [2.45, 2.75) is 6.92 Å². The van der Waals surface area contributed by atoms with Crippen molar-refractivity contribution in [3.05, 3.63) is 46.3 Å². The van der Waals surface area contributed by atoms with Gasteiger partial charge in [0, 0.05) is 5.56 Å². The molecule has 2 aromatic heterocycles. The summed E-state index contributed by atoms with van der Waals surface area (Å²) in [6.45, 7) is 1.86. The van der Waals surface area contributed by atoms with Gasteiger partial charge in [0.05, 0.1) is 10.7 Å². The molecule has 1 N–H and O–H groups in total. The maximum atomic E-state index is 6.13. The Morgan fingerprint density at radius 3 is 2.79 bits per heavy atom. The monoisotopic (exact) mass is 293 g/mol. The summed E-state index contributed by atoms with van der Waals surface area (Å²) in [6, 6.07) is 7.44. The average Bonchev–Trinajstić information content (AvgIpc) is 2.85. The van der Waals surface area contributed by atoms with Crippen LogP contribution < -0.4 is 5.32 Å². The molecule has 1 aromatic carbocycles. The molecule has 5 nitrogen and oxygen atoms in total. The van der Waals surface area contributed by atoms with Gasteiger partial charge >= 0.3 is 0 Å². The van der Waals surface area contributed by atoms with Crippen LogP contribution in [0, 0.1) is 6.92 Å². The number of benzene rings is 1. The van der Waals surface area contributed by atoms with Crippen LogP contribution in [0.5, 0.6) is 0 Å². The highest BCUT2D eigenvalue weighted by Gasteiger charge is 2.13. The van der Waals surface area contributed by atoms with Crippen LogP contribution in [-0.4, -0.2) is 19.6 Å². The Balaban J connectivity index is 2.17. The Morgan fingerprint density at radius 1 is 1.21 bits per heavy atom. The molecular formula is C12H9Cl2N5. The SMILES string of the molecule is Cc1c(Cl)nc2ncnn2c1Nc1ccccc1Cl. The molecule has 0 aliphatic rings. The van der Waals surface area contributed by atoms with Crippen molar-refractivity contribution < 1.29 is 0 Å². The number of nitrogens with zero attached hydrogens (tertiary/aromatic N) is 4. The second-order valence-corrected chi connectivity index (χ2v) is 4.72. The molecule has 0 saturated carbocycles. The van der Waals surface area contributed by atoms with E-state index in [1.54, 1.807) is 10.6 Å². The number of para-hydroxylation sites is 1. The highest BCUT2D eigenvalue weighted by Crippen LogP contribution is 2.28. The van der Waals surface area contributed by atoms with E-state index in [1.807, 2.05) is 25.1 Å². The maximum absolute atomic E-state index is 6.13. The lowest BCUT2D eigenvalue weighted by atomic mass is 10.3. The average molecular weight is 294 g/mol. The summed E-state index contributed by atoms with van der Waals surface area (Å²) in [7, 11) is 0. The topological polar surface area (TPSA) is 55.1 Å². The molecule has 2 heterocycles. The third kappa shape index (κ3) is 2.11. The normalized spacial score (nSPS) is 10.9. The van der Waals surface area contributed by atoms with Gasteiger partial charge in [0.2, 0.25) is 0 Å². The summed E-state index contributed by atoms with van der Waals surface area (Å²) >= 11 is 12.2. The standard InChI is InChI=1S/C12H9Cl2N5/c1-7-10(14)18-12-15-6-16-19(12)11(7)17-9-5-3-2-4-8(9)13/h2-6,17H,1H3. The summed E-state index contributed by atoms with van der Waals surface area (Å²) < 4.78 is 1.59. The van der Waals surface area contributed by atoms with Crippen molar-refractivity contribution in [1.29, 1.82) is 0 Å². The zero-order valence-corrected chi connectivity index (χ0v) is 11.4. The quantitative estimate of drug-likeness (QED) is 0.735. The van der Waals surface area contributed by atoms with Crippen LogP contribution in [0.2, 0.25) is 10.2 Å². The molecule has 0 spiro atoms. The summed E-state index contributed by atoms with van der Waals surface area (Å²) in [5.74, 6) is 1.13. The molecule has 7 heteroatoms. The molecular weight excluding hydrogens is 285 g/mol. The van der Waals surface area contributed by atoms with Crippen molar-refractivity contribution in [2.24, 2.45) is 0 Å². The number of aromatic nitrogens is 4. The van der Waals surface area contributed by atoms with Crippen LogP contribution in [-0.2, 0) is 0 Å². The highest BCUT2D eigenvalue weighted by atomic mass is 35.5. The number of hydrogen-bond acceptors (Lipinski definition) is 4. The zero-order chi connectivity index (χ0) is 13.4. The second kappa shape index (κ2) is 4.68. The van der Waals surface area contributed by atoms with E-state index < -0.39 is 0 Å². The van der Waals surface area contributed by atoms with Crippen molar-refractivity contribution >= 4 is 40.5 Å². The van der Waals surface area contributed by atoms with E-state index >= 15 is 0 Å². The number of rotatable bonds is 2. The van der Waals surface area contributed by atoms with Gasteiger partial charge in [-0.15, -0.1) is 0 Å². The van der Waals surface area contributed by atoms with Gasteiger partial charge in [0.25, 0.3) is 5.78 Å². The number of anilines is 2. The molecule has 0 unspecified atom stereocenters. The minimum Gasteiger partial charge on any atom is -0.339 e. The summed E-state index contributed by atoms with van der Waals surface area (Å²) in [6.07, 6.45) is 1.43. The molecule has 19 heavy (non-hydrogen) atoms. The van der Waals surface area contributed by atoms with E-state index in [4.69, 9.17) is 23.2 Å². The van der Waals surface area contributed by atoms with Crippen molar-refractivity contribution in [3.8, 4) is 0 Å². The van der Waals surface area contributed by atoms with Crippen LogP contribution in [0.15, 0.2) is 30.6 Å². The van der Waals surface area contributed by atoms with Gasteiger partial charge < -0.3 is 5.32 Å². The zero-order valence-electron chi connectivity index (χ0n) is 9.93. The Labute approximate surface area is 119 Å². The first kappa shape index (κ1) is 12.2. The Kier molecular flexibility index (Phi) is 3.00. The molecule has 0 aliphatic heterocycles. The molecule has 96 valence electrons. The third-order valence-electron chi connectivity index (χ3n) is 2.73. The van der Waals surface area contributed by atoms with E-state index in [1.165, 1.54) is 6.33 Å². The van der Waals surface area contributed by atoms with E-state index in [2.05, 4.69) is 20.4 Å². The number of nitrogens with one attached hydrogen (secondary N) is 1. The van der Waals surface area contributed by atoms with Gasteiger partial charge in [0.15, 0.2) is 0 Å². The van der Waals surface area contributed by atoms with E-state index in [9.17, 15) is 0 Å². The summed E-state index contributed by atoms with van der Waals surface area (Å²) in [4.78, 5) is 8.17. The molecule has 0 aliphatic carbocycles. The number of hydrogen-bond donors (Lipinski definition) is 1. The lowest BCUT2D eigenvalue weighted by Gasteiger charge is -2.12. The Hall–Kier alpha value is -1.85. The molecule has 3 rings (SSSR count). The largest absolute Gasteiger partial charge is 0.339 e. The van der Waals surface area contributed by atoms with Crippen LogP contribution in [0.1, 0.15) is 5.56 Å². The van der Waals surface area contributed by atoms with Crippen LogP contribution in [0.4, 0.5) is 11.5 Å². The van der Waals surface area contributed by atoms with Crippen molar-refractivity contribution in [2.75, 3.05) is 5.32 Å². The Bertz CT molecular complexity index is 753. The molecule has 0 fully saturated rings. The number of fused-ring (bicyclic) bond motifs is 1. The van der Waals surface area contributed by atoms with Crippen LogP contribution >= 0.6 is 23.2 Å². The van der Waals surface area contributed by atoms with E-state index in [0.29, 0.717) is 21.8 Å². The lowest BCUT2D eigenvalue weighted by Crippen LogP contribution is -2.05. The van der Waals surface area contributed by atoms with Gasteiger partial charge in [0.1, 0.15) is 17.3 Å². The summed E-state index contributed by atoms with van der Waals surface area (Å²) in [5.41, 5.74) is 1.55. The first-order chi connectivity index (χ1) is 9.16. The molecule has 3 aromatic rings. The molecule has 0 atom stereocenters. The Morgan fingerprint density at radius 2 is 2.00 bits per heavy atom. The first-order valence-corrected chi connectivity index (χ1v) is 6.30. The molecule has 0 amide bonds. The first-order valence-electron chi connectivity index (χ1n) is 5.54. The molecule has 0 radical (unpaired) electrons. The second-order valence-electron chi connectivity index (χ2n) is 3.95. The fourth-order valence-electron chi connectivity index (χ4n) is 1.73. The van der Waals surface area contributed by atoms with Crippen LogP contribution in [0.25, 0.3) is 5.78 Å². The predicted octanol–water partition coefficient (Wildman–Crippen LogP) is 3.48. The number of halogens is 2. The maximum Gasteiger partial charge on any atom is 0.255 e. The van der Waals surface area contributed by atoms with Crippen molar-refractivity contribution in [1.82, 2.24) is 19.6 Å². The van der Waals surface area contributed by atoms with E-state index in [0.717, 1.165) is 11.3 Å². The van der Waals surface area contributed by atoms with Gasteiger partial charge in [-0.3, -0.25) is 0 Å². The van der Waals surface area contributed by atoms with Crippen molar-refractivity contribution in [3.63, 3.8) is 0 Å². The van der Waals surface area contributed by atoms with Gasteiger partial charge in [-0.2, -0.15) is 19.6 Å².